The number of nitrogens with zero attached hydrogens (tertiary/aromatic N) is 3. The van der Waals surface area contributed by atoms with Gasteiger partial charge >= 0.3 is 0 Å². The molecule has 1 N–H and O–H groups in total. The lowest BCUT2D eigenvalue weighted by Gasteiger charge is -2.15. The third-order valence-electron chi connectivity index (χ3n) is 3.62. The van der Waals surface area contributed by atoms with Gasteiger partial charge in [0.1, 0.15) is 16.2 Å². The first kappa shape index (κ1) is 14.7. The van der Waals surface area contributed by atoms with Crippen molar-refractivity contribution in [2.24, 2.45) is 5.92 Å². The smallest absolute Gasteiger partial charge is 0.134 e. The number of anilines is 1. The first-order chi connectivity index (χ1) is 9.08. The first-order valence-electron chi connectivity index (χ1n) is 7.09. The second kappa shape index (κ2) is 6.66. The van der Waals surface area contributed by atoms with Gasteiger partial charge in [-0.1, -0.05) is 20.8 Å². The molecule has 106 valence electrons. The molecule has 2 heterocycles. The summed E-state index contributed by atoms with van der Waals surface area (Å²) in [6.45, 7) is 11.0. The molecule has 5 heteroatoms. The lowest BCUT2D eigenvalue weighted by molar-refractivity contribution is 0.345. The second-order valence-corrected chi connectivity index (χ2v) is 6.33. The maximum atomic E-state index is 4.57. The van der Waals surface area contributed by atoms with E-state index in [1.54, 1.807) is 0 Å². The second-order valence-electron chi connectivity index (χ2n) is 5.52. The van der Waals surface area contributed by atoms with Crippen LogP contribution in [0.3, 0.4) is 0 Å². The van der Waals surface area contributed by atoms with Gasteiger partial charge in [0.15, 0.2) is 0 Å². The zero-order valence-corrected chi connectivity index (χ0v) is 13.6. The summed E-state index contributed by atoms with van der Waals surface area (Å²) in [6, 6.07) is 1.96. The number of likely N-dealkylation sites (tertiary alicyclic amines) is 1. The first-order valence-corrected chi connectivity index (χ1v) is 7.88. The van der Waals surface area contributed by atoms with Crippen molar-refractivity contribution in [2.45, 2.75) is 33.1 Å². The zero-order valence-electron chi connectivity index (χ0n) is 12.0. The van der Waals surface area contributed by atoms with Crippen molar-refractivity contribution in [1.29, 1.82) is 0 Å². The van der Waals surface area contributed by atoms with Crippen molar-refractivity contribution in [3.05, 3.63) is 16.5 Å². The third-order valence-corrected chi connectivity index (χ3v) is 4.02. The Bertz CT molecular complexity index is 422. The van der Waals surface area contributed by atoms with Gasteiger partial charge in [-0.2, -0.15) is 0 Å². The molecule has 0 bridgehead atoms. The van der Waals surface area contributed by atoms with Gasteiger partial charge in [0.2, 0.25) is 0 Å². The van der Waals surface area contributed by atoms with E-state index in [4.69, 9.17) is 0 Å². The molecule has 4 nitrogen and oxygen atoms in total. The minimum Gasteiger partial charge on any atom is -0.370 e. The molecular weight excluding hydrogens is 304 g/mol. The van der Waals surface area contributed by atoms with Crippen molar-refractivity contribution in [2.75, 3.05) is 31.5 Å². The summed E-state index contributed by atoms with van der Waals surface area (Å²) in [7, 11) is 0. The third kappa shape index (κ3) is 4.14. The van der Waals surface area contributed by atoms with Gasteiger partial charge < -0.3 is 10.2 Å². The molecule has 2 rings (SSSR count). The van der Waals surface area contributed by atoms with Gasteiger partial charge in [0.25, 0.3) is 0 Å². The van der Waals surface area contributed by atoms with Crippen LogP contribution >= 0.6 is 15.9 Å². The quantitative estimate of drug-likeness (QED) is 0.844. The van der Waals surface area contributed by atoms with Crippen LogP contribution in [0.15, 0.2) is 10.7 Å². The van der Waals surface area contributed by atoms with Crippen LogP contribution in [-0.4, -0.2) is 41.0 Å². The van der Waals surface area contributed by atoms with Crippen LogP contribution in [0.25, 0.3) is 0 Å². The summed E-state index contributed by atoms with van der Waals surface area (Å²) in [5.74, 6) is 2.90. The van der Waals surface area contributed by atoms with Crippen LogP contribution in [-0.2, 0) is 0 Å². The molecule has 1 fully saturated rings. The van der Waals surface area contributed by atoms with E-state index in [9.17, 15) is 0 Å². The molecule has 19 heavy (non-hydrogen) atoms. The molecule has 0 amide bonds. The van der Waals surface area contributed by atoms with Crippen molar-refractivity contribution in [1.82, 2.24) is 14.9 Å². The van der Waals surface area contributed by atoms with Crippen molar-refractivity contribution in [3.63, 3.8) is 0 Å². The summed E-state index contributed by atoms with van der Waals surface area (Å²) in [4.78, 5) is 11.5. The number of hydrogen-bond acceptors (Lipinski definition) is 4. The van der Waals surface area contributed by atoms with E-state index < -0.39 is 0 Å². The van der Waals surface area contributed by atoms with Crippen LogP contribution in [0, 0.1) is 5.92 Å². The summed E-state index contributed by atoms with van der Waals surface area (Å²) in [5, 5.41) is 3.46. The van der Waals surface area contributed by atoms with E-state index in [1.807, 2.05) is 6.07 Å². The Labute approximate surface area is 124 Å². The summed E-state index contributed by atoms with van der Waals surface area (Å²) < 4.78 is 0.857. The normalized spacial score (nSPS) is 20.2. The lowest BCUT2D eigenvalue weighted by Crippen LogP contribution is -2.22. The average molecular weight is 327 g/mol. The van der Waals surface area contributed by atoms with Crippen LogP contribution in [0.4, 0.5) is 5.82 Å². The molecule has 1 saturated heterocycles. The highest BCUT2D eigenvalue weighted by Crippen LogP contribution is 2.19. The highest BCUT2D eigenvalue weighted by molar-refractivity contribution is 9.10. The Morgan fingerprint density at radius 1 is 1.47 bits per heavy atom. The maximum absolute atomic E-state index is 4.57. The largest absolute Gasteiger partial charge is 0.370 e. The maximum Gasteiger partial charge on any atom is 0.134 e. The summed E-state index contributed by atoms with van der Waals surface area (Å²) in [6.07, 6.45) is 1.28. The summed E-state index contributed by atoms with van der Waals surface area (Å²) in [5.41, 5.74) is 0. The molecule has 0 spiro atoms. The van der Waals surface area contributed by atoms with E-state index in [1.165, 1.54) is 19.5 Å². The van der Waals surface area contributed by atoms with E-state index in [0.29, 0.717) is 5.92 Å². The van der Waals surface area contributed by atoms with Crippen molar-refractivity contribution in [3.8, 4) is 0 Å². The fraction of sp³-hybridized carbons (Fsp3) is 0.714. The summed E-state index contributed by atoms with van der Waals surface area (Å²) >= 11 is 3.46. The molecule has 1 aliphatic rings. The topological polar surface area (TPSA) is 41.0 Å². The predicted molar refractivity (Wildman–Crippen MR) is 82.5 cm³/mol. The van der Waals surface area contributed by atoms with E-state index in [0.717, 1.165) is 35.3 Å². The van der Waals surface area contributed by atoms with Crippen LogP contribution in [0.5, 0.6) is 0 Å². The highest BCUT2D eigenvalue weighted by Gasteiger charge is 2.20. The number of aromatic nitrogens is 2. The molecule has 1 aromatic rings. The monoisotopic (exact) mass is 326 g/mol. The predicted octanol–water partition coefficient (Wildman–Crippen LogP) is 3.12. The Hall–Kier alpha value is -0.680. The highest BCUT2D eigenvalue weighted by atomic mass is 79.9. The van der Waals surface area contributed by atoms with Gasteiger partial charge in [-0.05, 0) is 41.4 Å². The van der Waals surface area contributed by atoms with Crippen LogP contribution < -0.4 is 5.32 Å². The average Bonchev–Trinajstić information content (AvgIpc) is 2.83. The molecule has 0 aliphatic carbocycles. The molecule has 0 radical (unpaired) electrons. The number of rotatable bonds is 5. The molecule has 0 saturated carbocycles. The minimum atomic E-state index is 0.347. The van der Waals surface area contributed by atoms with Gasteiger partial charge in [-0.15, -0.1) is 0 Å². The number of hydrogen-bond donors (Lipinski definition) is 1. The van der Waals surface area contributed by atoms with Crippen molar-refractivity contribution >= 4 is 21.7 Å². The fourth-order valence-electron chi connectivity index (χ4n) is 2.40. The van der Waals surface area contributed by atoms with Gasteiger partial charge in [-0.3, -0.25) is 0 Å². The van der Waals surface area contributed by atoms with Gasteiger partial charge in [-0.25, -0.2) is 9.97 Å². The molecule has 1 aliphatic heterocycles. The molecule has 0 aromatic carbocycles. The minimum absolute atomic E-state index is 0.347. The Kier molecular flexibility index (Phi) is 5.16. The SMILES string of the molecule is CCN1CCC(CNc2cc(Br)nc(C(C)C)n2)C1. The Morgan fingerprint density at radius 2 is 2.26 bits per heavy atom. The van der Waals surface area contributed by atoms with Crippen LogP contribution in [0.2, 0.25) is 0 Å². The van der Waals surface area contributed by atoms with Gasteiger partial charge in [0, 0.05) is 25.1 Å². The zero-order chi connectivity index (χ0) is 13.8. The molecule has 1 atom stereocenters. The molecule has 1 unspecified atom stereocenters. The van der Waals surface area contributed by atoms with E-state index in [2.05, 4.69) is 56.9 Å². The Balaban J connectivity index is 1.92. The standard InChI is InChI=1S/C14H23BrN4/c1-4-19-6-5-11(9-19)8-16-13-7-12(15)17-14(18-13)10(2)3/h7,10-11H,4-6,8-9H2,1-3H3,(H,16,17,18). The van der Waals surface area contributed by atoms with Crippen LogP contribution in [0.1, 0.15) is 38.9 Å². The number of nitrogens with one attached hydrogen (secondary N) is 1. The lowest BCUT2D eigenvalue weighted by atomic mass is 10.1. The van der Waals surface area contributed by atoms with E-state index in [-0.39, 0.29) is 0 Å². The van der Waals surface area contributed by atoms with E-state index >= 15 is 0 Å². The molecule has 1 aromatic heterocycles. The fourth-order valence-corrected chi connectivity index (χ4v) is 2.80. The Morgan fingerprint density at radius 3 is 2.89 bits per heavy atom. The molecular formula is C14H23BrN4. The van der Waals surface area contributed by atoms with Gasteiger partial charge in [0.05, 0.1) is 0 Å². The number of halogens is 1. The van der Waals surface area contributed by atoms with Crippen molar-refractivity contribution < 1.29 is 0 Å².